The summed E-state index contributed by atoms with van der Waals surface area (Å²) in [5, 5.41) is 2.96. The topological polar surface area (TPSA) is 75.7 Å². The third kappa shape index (κ3) is 3.22. The summed E-state index contributed by atoms with van der Waals surface area (Å²) in [6.45, 7) is 8.10. The molecular weight excluding hydrogens is 344 g/mol. The first-order valence-electron chi connectivity index (χ1n) is 9.40. The largest absolute Gasteiger partial charge is 0.494 e. The van der Waals surface area contributed by atoms with Gasteiger partial charge in [0, 0.05) is 29.0 Å². The summed E-state index contributed by atoms with van der Waals surface area (Å²) in [7, 11) is 1.54. The summed E-state index contributed by atoms with van der Waals surface area (Å²) in [6.07, 6.45) is 1.34. The molecule has 3 amide bonds. The number of fused-ring (bicyclic) bond motifs is 2. The van der Waals surface area contributed by atoms with Crippen molar-refractivity contribution >= 4 is 23.4 Å². The fraction of sp³-hybridized carbons (Fsp3) is 0.571. The Morgan fingerprint density at radius 2 is 1.56 bits per heavy atom. The Kier molecular flexibility index (Phi) is 4.57. The third-order valence-corrected chi connectivity index (χ3v) is 5.95. The van der Waals surface area contributed by atoms with Gasteiger partial charge in [-0.3, -0.25) is 19.3 Å². The van der Waals surface area contributed by atoms with Gasteiger partial charge in [-0.1, -0.05) is 20.8 Å². The molecule has 2 fully saturated rings. The lowest BCUT2D eigenvalue weighted by atomic mass is 9.51. The molecule has 2 atom stereocenters. The van der Waals surface area contributed by atoms with Crippen LogP contribution in [0.15, 0.2) is 24.3 Å². The number of likely N-dealkylation sites (tertiary alicyclic amines) is 1. The lowest BCUT2D eigenvalue weighted by molar-refractivity contribution is -0.177. The highest BCUT2D eigenvalue weighted by Gasteiger charge is 2.62. The van der Waals surface area contributed by atoms with Crippen LogP contribution in [0.4, 0.5) is 5.69 Å². The first-order chi connectivity index (χ1) is 12.5. The van der Waals surface area contributed by atoms with Gasteiger partial charge in [0.1, 0.15) is 5.75 Å². The van der Waals surface area contributed by atoms with Crippen LogP contribution in [0, 0.1) is 16.2 Å². The van der Waals surface area contributed by atoms with Crippen LogP contribution in [-0.2, 0) is 14.4 Å². The molecule has 146 valence electrons. The molecule has 1 aliphatic carbocycles. The van der Waals surface area contributed by atoms with Gasteiger partial charge in [-0.15, -0.1) is 0 Å². The molecule has 6 heteroatoms. The molecule has 1 heterocycles. The first-order valence-corrected chi connectivity index (χ1v) is 9.40. The van der Waals surface area contributed by atoms with E-state index in [1.165, 1.54) is 4.90 Å². The van der Waals surface area contributed by atoms with Crippen LogP contribution in [0.3, 0.4) is 0 Å². The van der Waals surface area contributed by atoms with Gasteiger partial charge in [-0.2, -0.15) is 0 Å². The molecule has 2 bridgehead atoms. The number of nitrogens with zero attached hydrogens (tertiary/aromatic N) is 1. The van der Waals surface area contributed by atoms with Crippen LogP contribution in [0.25, 0.3) is 0 Å². The maximum atomic E-state index is 13.1. The van der Waals surface area contributed by atoms with E-state index in [4.69, 9.17) is 4.74 Å². The smallest absolute Gasteiger partial charge is 0.234 e. The Morgan fingerprint density at radius 3 is 2.04 bits per heavy atom. The van der Waals surface area contributed by atoms with E-state index in [2.05, 4.69) is 5.32 Å². The van der Waals surface area contributed by atoms with E-state index in [1.54, 1.807) is 19.2 Å². The summed E-state index contributed by atoms with van der Waals surface area (Å²) >= 11 is 0. The number of benzene rings is 1. The first kappa shape index (κ1) is 19.4. The van der Waals surface area contributed by atoms with Gasteiger partial charge in [-0.05, 0) is 50.5 Å². The van der Waals surface area contributed by atoms with Crippen LogP contribution in [0.1, 0.15) is 47.0 Å². The number of hydrogen-bond donors (Lipinski definition) is 1. The molecule has 0 spiro atoms. The normalized spacial score (nSPS) is 33.0. The molecule has 3 rings (SSSR count). The van der Waals surface area contributed by atoms with Crippen molar-refractivity contribution in [3.8, 4) is 5.75 Å². The molecule has 1 saturated heterocycles. The van der Waals surface area contributed by atoms with Crippen molar-refractivity contribution in [3.63, 3.8) is 0 Å². The van der Waals surface area contributed by atoms with Crippen molar-refractivity contribution in [2.45, 2.75) is 47.0 Å². The number of anilines is 1. The monoisotopic (exact) mass is 372 g/mol. The van der Waals surface area contributed by atoms with Crippen LogP contribution in [0.5, 0.6) is 5.75 Å². The molecule has 6 nitrogen and oxygen atoms in total. The minimum atomic E-state index is -0.799. The molecule has 1 aromatic carbocycles. The lowest BCUT2D eigenvalue weighted by Gasteiger charge is -2.55. The standard InChI is InChI=1S/C21H28N2O4/c1-6-27-15-9-7-14(8-10-15)22-16(24)19(2)11-20(3)13-21(4,12-19)18(26)23(5)17(20)25/h7-10H,6,11-13H2,1-5H3,(H,22,24). The predicted molar refractivity (Wildman–Crippen MR) is 102 cm³/mol. The van der Waals surface area contributed by atoms with Crippen molar-refractivity contribution in [2.75, 3.05) is 19.0 Å². The van der Waals surface area contributed by atoms with E-state index in [0.717, 1.165) is 5.75 Å². The highest BCUT2D eigenvalue weighted by atomic mass is 16.5. The fourth-order valence-corrected chi connectivity index (χ4v) is 5.22. The molecule has 1 N–H and O–H groups in total. The van der Waals surface area contributed by atoms with E-state index in [1.807, 2.05) is 39.8 Å². The van der Waals surface area contributed by atoms with Gasteiger partial charge in [0.05, 0.1) is 6.61 Å². The summed E-state index contributed by atoms with van der Waals surface area (Å²) < 4.78 is 5.42. The van der Waals surface area contributed by atoms with Crippen LogP contribution >= 0.6 is 0 Å². The average Bonchev–Trinajstić information content (AvgIpc) is 2.59. The molecular formula is C21H28N2O4. The van der Waals surface area contributed by atoms with E-state index in [0.29, 0.717) is 31.6 Å². The maximum absolute atomic E-state index is 13.1. The second-order valence-corrected chi connectivity index (χ2v) is 8.79. The quantitative estimate of drug-likeness (QED) is 0.824. The van der Waals surface area contributed by atoms with E-state index >= 15 is 0 Å². The number of carbonyl (C=O) groups excluding carboxylic acids is 3. The minimum Gasteiger partial charge on any atom is -0.494 e. The summed E-state index contributed by atoms with van der Waals surface area (Å²) in [4.78, 5) is 39.9. The number of ether oxygens (including phenoxy) is 1. The highest BCUT2D eigenvalue weighted by Crippen LogP contribution is 2.58. The lowest BCUT2D eigenvalue weighted by Crippen LogP contribution is -2.63. The molecule has 2 unspecified atom stereocenters. The van der Waals surface area contributed by atoms with Gasteiger partial charge in [0.2, 0.25) is 17.7 Å². The molecule has 2 aliphatic rings. The highest BCUT2D eigenvalue weighted by molar-refractivity contribution is 6.05. The second-order valence-electron chi connectivity index (χ2n) is 8.79. The summed E-state index contributed by atoms with van der Waals surface area (Å²) in [5.41, 5.74) is -1.54. The van der Waals surface area contributed by atoms with E-state index < -0.39 is 16.2 Å². The van der Waals surface area contributed by atoms with Crippen molar-refractivity contribution in [3.05, 3.63) is 24.3 Å². The number of carbonyl (C=O) groups is 3. The zero-order chi connectivity index (χ0) is 20.0. The summed E-state index contributed by atoms with van der Waals surface area (Å²) in [5.74, 6) is 0.205. The number of amides is 3. The molecule has 0 aromatic heterocycles. The van der Waals surface area contributed by atoms with Crippen LogP contribution in [-0.4, -0.2) is 36.3 Å². The SMILES string of the molecule is CCOc1ccc(NC(=O)C2(C)CC3(C)CC(C)(C2)C(=O)N(C)C3=O)cc1. The van der Waals surface area contributed by atoms with Crippen molar-refractivity contribution < 1.29 is 19.1 Å². The van der Waals surface area contributed by atoms with Crippen LogP contribution < -0.4 is 10.1 Å². The van der Waals surface area contributed by atoms with Crippen LogP contribution in [0.2, 0.25) is 0 Å². The fourth-order valence-electron chi connectivity index (χ4n) is 5.22. The Hall–Kier alpha value is -2.37. The third-order valence-electron chi connectivity index (χ3n) is 5.95. The Balaban J connectivity index is 1.84. The van der Waals surface area contributed by atoms with E-state index in [-0.39, 0.29) is 17.7 Å². The minimum absolute atomic E-state index is 0.158. The number of imide groups is 1. The van der Waals surface area contributed by atoms with Crippen molar-refractivity contribution in [1.82, 2.24) is 4.90 Å². The van der Waals surface area contributed by atoms with Gasteiger partial charge < -0.3 is 10.1 Å². The van der Waals surface area contributed by atoms with Gasteiger partial charge in [0.25, 0.3) is 0 Å². The number of nitrogens with one attached hydrogen (secondary N) is 1. The van der Waals surface area contributed by atoms with Gasteiger partial charge in [0.15, 0.2) is 0 Å². The maximum Gasteiger partial charge on any atom is 0.234 e. The predicted octanol–water partition coefficient (Wildman–Crippen LogP) is 3.23. The molecule has 1 aliphatic heterocycles. The van der Waals surface area contributed by atoms with Crippen molar-refractivity contribution in [1.29, 1.82) is 0 Å². The molecule has 0 radical (unpaired) electrons. The van der Waals surface area contributed by atoms with Gasteiger partial charge >= 0.3 is 0 Å². The number of piperidine rings is 1. The molecule has 1 saturated carbocycles. The Labute approximate surface area is 160 Å². The Bertz CT molecular complexity index is 758. The molecule has 1 aromatic rings. The zero-order valence-electron chi connectivity index (χ0n) is 16.7. The summed E-state index contributed by atoms with van der Waals surface area (Å²) in [6, 6.07) is 7.20. The molecule has 27 heavy (non-hydrogen) atoms. The number of hydrogen-bond acceptors (Lipinski definition) is 4. The average molecular weight is 372 g/mol. The zero-order valence-corrected chi connectivity index (χ0v) is 16.7. The van der Waals surface area contributed by atoms with Crippen molar-refractivity contribution in [2.24, 2.45) is 16.2 Å². The van der Waals surface area contributed by atoms with E-state index in [9.17, 15) is 14.4 Å². The number of rotatable bonds is 4. The second kappa shape index (κ2) is 6.36. The Morgan fingerprint density at radius 1 is 1.04 bits per heavy atom. The van der Waals surface area contributed by atoms with Gasteiger partial charge in [-0.25, -0.2) is 0 Å².